The predicted molar refractivity (Wildman–Crippen MR) is 76.9 cm³/mol. The second kappa shape index (κ2) is 6.52. The summed E-state index contributed by atoms with van der Waals surface area (Å²) >= 11 is 0. The van der Waals surface area contributed by atoms with Gasteiger partial charge in [-0.3, -0.25) is 9.59 Å². The monoisotopic (exact) mass is 275 g/mol. The molecule has 1 aliphatic rings. The molecule has 2 rings (SSSR count). The van der Waals surface area contributed by atoms with Gasteiger partial charge in [-0.2, -0.15) is 0 Å². The lowest BCUT2D eigenvalue weighted by atomic mass is 10.1. The van der Waals surface area contributed by atoms with E-state index in [1.54, 1.807) is 7.05 Å². The van der Waals surface area contributed by atoms with Gasteiger partial charge in [-0.15, -0.1) is 0 Å². The normalized spacial score (nSPS) is 15.5. The number of rotatable bonds is 6. The minimum atomic E-state index is -0.615. The fourth-order valence-corrected chi connectivity index (χ4v) is 2.03. The third-order valence-electron chi connectivity index (χ3n) is 3.32. The summed E-state index contributed by atoms with van der Waals surface area (Å²) < 4.78 is 0. The molecule has 0 spiro atoms. The zero-order chi connectivity index (χ0) is 14.5. The number of nitrogens with one attached hydrogen (secondary N) is 1. The highest BCUT2D eigenvalue weighted by Crippen LogP contribution is 2.18. The van der Waals surface area contributed by atoms with Crippen molar-refractivity contribution in [3.8, 4) is 0 Å². The highest BCUT2D eigenvalue weighted by molar-refractivity contribution is 5.87. The number of carbonyl (C=O) groups is 2. The van der Waals surface area contributed by atoms with Crippen LogP contribution in [0.3, 0.4) is 0 Å². The Bertz CT molecular complexity index is 471. The topological polar surface area (TPSA) is 75.4 Å². The van der Waals surface area contributed by atoms with Gasteiger partial charge in [0.1, 0.15) is 0 Å². The molecule has 1 aromatic rings. The van der Waals surface area contributed by atoms with Gasteiger partial charge in [-0.25, -0.2) is 0 Å². The molecule has 0 bridgehead atoms. The molecule has 1 atom stereocenters. The van der Waals surface area contributed by atoms with E-state index < -0.39 is 6.04 Å². The van der Waals surface area contributed by atoms with Crippen molar-refractivity contribution in [2.24, 2.45) is 5.73 Å². The summed E-state index contributed by atoms with van der Waals surface area (Å²) in [7, 11) is 1.61. The smallest absolute Gasteiger partial charge is 0.240 e. The Morgan fingerprint density at radius 3 is 2.60 bits per heavy atom. The SMILES string of the molecule is CN(CC(=O)NC1CC1)C(=O)[C@@H](N)Cc1ccccc1. The zero-order valence-corrected chi connectivity index (χ0v) is 11.7. The zero-order valence-electron chi connectivity index (χ0n) is 11.7. The van der Waals surface area contributed by atoms with Crippen LogP contribution in [0.4, 0.5) is 0 Å². The van der Waals surface area contributed by atoms with E-state index >= 15 is 0 Å². The molecular weight excluding hydrogens is 254 g/mol. The lowest BCUT2D eigenvalue weighted by molar-refractivity contribution is -0.135. The van der Waals surface area contributed by atoms with Crippen LogP contribution in [0.15, 0.2) is 30.3 Å². The van der Waals surface area contributed by atoms with E-state index in [2.05, 4.69) is 5.32 Å². The first-order valence-electron chi connectivity index (χ1n) is 6.90. The van der Waals surface area contributed by atoms with Crippen molar-refractivity contribution in [3.05, 3.63) is 35.9 Å². The van der Waals surface area contributed by atoms with E-state index in [0.29, 0.717) is 12.5 Å². The van der Waals surface area contributed by atoms with E-state index in [1.165, 1.54) is 4.90 Å². The summed E-state index contributed by atoms with van der Waals surface area (Å²) in [6, 6.07) is 9.32. The average Bonchev–Trinajstić information content (AvgIpc) is 3.22. The maximum Gasteiger partial charge on any atom is 0.240 e. The third kappa shape index (κ3) is 4.35. The molecule has 1 saturated carbocycles. The molecule has 1 aliphatic carbocycles. The first-order chi connectivity index (χ1) is 9.56. The summed E-state index contributed by atoms with van der Waals surface area (Å²) in [5.74, 6) is -0.324. The van der Waals surface area contributed by atoms with E-state index in [-0.39, 0.29) is 18.4 Å². The van der Waals surface area contributed by atoms with Crippen LogP contribution in [0.25, 0.3) is 0 Å². The number of carbonyl (C=O) groups excluding carboxylic acids is 2. The van der Waals surface area contributed by atoms with Gasteiger partial charge >= 0.3 is 0 Å². The van der Waals surface area contributed by atoms with Crippen LogP contribution in [-0.2, 0) is 16.0 Å². The summed E-state index contributed by atoms with van der Waals surface area (Å²) in [5, 5.41) is 2.85. The number of hydrogen-bond acceptors (Lipinski definition) is 3. The fraction of sp³-hybridized carbons (Fsp3) is 0.467. The highest BCUT2D eigenvalue weighted by atomic mass is 16.2. The van der Waals surface area contributed by atoms with Crippen LogP contribution in [0, 0.1) is 0 Å². The second-order valence-corrected chi connectivity index (χ2v) is 5.33. The summed E-state index contributed by atoms with van der Waals surface area (Å²) in [4.78, 5) is 25.1. The Hall–Kier alpha value is -1.88. The molecular formula is C15H21N3O2. The van der Waals surface area contributed by atoms with Crippen LogP contribution >= 0.6 is 0 Å². The number of amides is 2. The third-order valence-corrected chi connectivity index (χ3v) is 3.32. The standard InChI is InChI=1S/C15H21N3O2/c1-18(10-14(19)17-12-7-8-12)15(20)13(16)9-11-5-3-2-4-6-11/h2-6,12-13H,7-10,16H2,1H3,(H,17,19)/t13-/m0/s1. The van der Waals surface area contributed by atoms with Crippen LogP contribution < -0.4 is 11.1 Å². The van der Waals surface area contributed by atoms with Gasteiger partial charge in [0.15, 0.2) is 0 Å². The Morgan fingerprint density at radius 1 is 1.35 bits per heavy atom. The summed E-state index contributed by atoms with van der Waals surface area (Å²) in [5.41, 5.74) is 6.93. The van der Waals surface area contributed by atoms with Gasteiger partial charge < -0.3 is 16.0 Å². The first kappa shape index (κ1) is 14.5. The van der Waals surface area contributed by atoms with E-state index in [9.17, 15) is 9.59 Å². The molecule has 0 aromatic heterocycles. The summed E-state index contributed by atoms with van der Waals surface area (Å²) in [6.45, 7) is 0.0673. The minimum absolute atomic E-state index is 0.0673. The lowest BCUT2D eigenvalue weighted by Gasteiger charge is -2.21. The fourth-order valence-electron chi connectivity index (χ4n) is 2.03. The first-order valence-corrected chi connectivity index (χ1v) is 6.90. The Kier molecular flexibility index (Phi) is 4.74. The van der Waals surface area contributed by atoms with Crippen LogP contribution in [0.2, 0.25) is 0 Å². The minimum Gasteiger partial charge on any atom is -0.352 e. The Balaban J connectivity index is 1.80. The van der Waals surface area contributed by atoms with Crippen molar-refractivity contribution >= 4 is 11.8 Å². The van der Waals surface area contributed by atoms with Crippen molar-refractivity contribution in [2.75, 3.05) is 13.6 Å². The summed E-state index contributed by atoms with van der Waals surface area (Å²) in [6.07, 6.45) is 2.56. The van der Waals surface area contributed by atoms with Crippen LogP contribution in [0.5, 0.6) is 0 Å². The van der Waals surface area contributed by atoms with Crippen molar-refractivity contribution in [1.82, 2.24) is 10.2 Å². The molecule has 0 unspecified atom stereocenters. The molecule has 5 heteroatoms. The number of hydrogen-bond donors (Lipinski definition) is 2. The number of likely N-dealkylation sites (N-methyl/N-ethyl adjacent to an activating group) is 1. The van der Waals surface area contributed by atoms with Gasteiger partial charge in [0.25, 0.3) is 0 Å². The molecule has 1 fully saturated rings. The Labute approximate surface area is 119 Å². The molecule has 3 N–H and O–H groups in total. The van der Waals surface area contributed by atoms with Gasteiger partial charge in [-0.1, -0.05) is 30.3 Å². The maximum absolute atomic E-state index is 12.1. The second-order valence-electron chi connectivity index (χ2n) is 5.33. The predicted octanol–water partition coefficient (Wildman–Crippen LogP) is 0.293. The van der Waals surface area contributed by atoms with E-state index in [4.69, 9.17) is 5.73 Å². The van der Waals surface area contributed by atoms with Crippen molar-refractivity contribution < 1.29 is 9.59 Å². The molecule has 1 aromatic carbocycles. The molecule has 20 heavy (non-hydrogen) atoms. The van der Waals surface area contributed by atoms with Gasteiger partial charge in [0.05, 0.1) is 12.6 Å². The van der Waals surface area contributed by atoms with Gasteiger partial charge in [-0.05, 0) is 24.8 Å². The molecule has 108 valence electrons. The van der Waals surface area contributed by atoms with Gasteiger partial charge in [0, 0.05) is 13.1 Å². The van der Waals surface area contributed by atoms with Crippen molar-refractivity contribution in [2.45, 2.75) is 31.3 Å². The maximum atomic E-state index is 12.1. The molecule has 0 heterocycles. The van der Waals surface area contributed by atoms with Crippen molar-refractivity contribution in [1.29, 1.82) is 0 Å². The van der Waals surface area contributed by atoms with Crippen LogP contribution in [-0.4, -0.2) is 42.4 Å². The largest absolute Gasteiger partial charge is 0.352 e. The average molecular weight is 275 g/mol. The molecule has 0 saturated heterocycles. The molecule has 0 radical (unpaired) electrons. The van der Waals surface area contributed by atoms with E-state index in [0.717, 1.165) is 18.4 Å². The number of benzene rings is 1. The molecule has 2 amide bonds. The number of nitrogens with two attached hydrogens (primary N) is 1. The molecule has 0 aliphatic heterocycles. The molecule has 5 nitrogen and oxygen atoms in total. The number of nitrogens with zero attached hydrogens (tertiary/aromatic N) is 1. The Morgan fingerprint density at radius 2 is 2.00 bits per heavy atom. The van der Waals surface area contributed by atoms with Crippen LogP contribution in [0.1, 0.15) is 18.4 Å². The quantitative estimate of drug-likeness (QED) is 0.783. The van der Waals surface area contributed by atoms with Crippen molar-refractivity contribution in [3.63, 3.8) is 0 Å². The lowest BCUT2D eigenvalue weighted by Crippen LogP contribution is -2.47. The van der Waals surface area contributed by atoms with E-state index in [1.807, 2.05) is 30.3 Å². The highest BCUT2D eigenvalue weighted by Gasteiger charge is 2.25. The van der Waals surface area contributed by atoms with Gasteiger partial charge in [0.2, 0.25) is 11.8 Å².